The highest BCUT2D eigenvalue weighted by atomic mass is 35.5. The average Bonchev–Trinajstić information content (AvgIpc) is 2.19. The lowest BCUT2D eigenvalue weighted by molar-refractivity contribution is -0.118. The molecule has 1 amide bonds. The molecule has 4 heteroatoms. The number of benzene rings is 1. The normalized spacial score (nSPS) is 12.1. The third-order valence-electron chi connectivity index (χ3n) is 2.16. The minimum atomic E-state index is -0.289. The number of hydrogen-bond donors (Lipinski definition) is 2. The molecule has 0 heterocycles. The molecule has 3 N–H and O–H groups in total. The second kappa shape index (κ2) is 5.61. The average molecular weight is 227 g/mol. The highest BCUT2D eigenvalue weighted by molar-refractivity contribution is 6.30. The molecule has 1 atom stereocenters. The molecule has 0 spiro atoms. The van der Waals surface area contributed by atoms with Gasteiger partial charge in [0.05, 0.1) is 0 Å². The molecule has 0 radical (unpaired) electrons. The maximum absolute atomic E-state index is 10.8. The molecule has 15 heavy (non-hydrogen) atoms. The Bertz CT molecular complexity index is 324. The molecular weight excluding hydrogens is 212 g/mol. The van der Waals surface area contributed by atoms with E-state index in [9.17, 15) is 4.79 Å². The Morgan fingerprint density at radius 3 is 2.53 bits per heavy atom. The number of carbonyl (C=O) groups excluding carboxylic acids is 1. The highest BCUT2D eigenvalue weighted by Gasteiger charge is 2.08. The van der Waals surface area contributed by atoms with Crippen LogP contribution in [0.3, 0.4) is 0 Å². The van der Waals surface area contributed by atoms with E-state index in [1.54, 1.807) is 12.1 Å². The maximum atomic E-state index is 10.8. The van der Waals surface area contributed by atoms with E-state index >= 15 is 0 Å². The van der Waals surface area contributed by atoms with E-state index in [4.69, 9.17) is 17.3 Å². The van der Waals surface area contributed by atoms with Crippen molar-refractivity contribution >= 4 is 23.2 Å². The fraction of sp³-hybridized carbons (Fsp3) is 0.364. The standard InChI is InChI=1S/C11H15ClN2O/c1-2-9(7-11(13)15)14-10-5-3-8(12)4-6-10/h3-6,9,14H,2,7H2,1H3,(H2,13,15)/t9-/m0/s1. The zero-order chi connectivity index (χ0) is 11.3. The van der Waals surface area contributed by atoms with E-state index in [0.29, 0.717) is 11.4 Å². The van der Waals surface area contributed by atoms with Crippen LogP contribution in [0.1, 0.15) is 19.8 Å². The largest absolute Gasteiger partial charge is 0.382 e. The van der Waals surface area contributed by atoms with Gasteiger partial charge in [0, 0.05) is 23.2 Å². The molecule has 0 aromatic heterocycles. The van der Waals surface area contributed by atoms with Crippen molar-refractivity contribution < 1.29 is 4.79 Å². The zero-order valence-corrected chi connectivity index (χ0v) is 9.42. The Balaban J connectivity index is 2.58. The number of carbonyl (C=O) groups is 1. The Hall–Kier alpha value is -1.22. The SMILES string of the molecule is CC[C@@H](CC(N)=O)Nc1ccc(Cl)cc1. The van der Waals surface area contributed by atoms with Gasteiger partial charge in [-0.05, 0) is 30.7 Å². The van der Waals surface area contributed by atoms with Gasteiger partial charge in [0.15, 0.2) is 0 Å². The number of rotatable bonds is 5. The minimum absolute atomic E-state index is 0.0867. The Labute approximate surface area is 94.6 Å². The summed E-state index contributed by atoms with van der Waals surface area (Å²) in [6, 6.07) is 7.46. The molecule has 0 saturated heterocycles. The summed E-state index contributed by atoms with van der Waals surface area (Å²) < 4.78 is 0. The molecule has 1 aromatic carbocycles. The highest BCUT2D eigenvalue weighted by Crippen LogP contribution is 2.15. The number of hydrogen-bond acceptors (Lipinski definition) is 2. The summed E-state index contributed by atoms with van der Waals surface area (Å²) in [6.45, 7) is 2.01. The van der Waals surface area contributed by atoms with Gasteiger partial charge in [-0.3, -0.25) is 4.79 Å². The van der Waals surface area contributed by atoms with Crippen LogP contribution in [0.15, 0.2) is 24.3 Å². The van der Waals surface area contributed by atoms with Crippen LogP contribution in [0.25, 0.3) is 0 Å². The molecule has 1 rings (SSSR count). The third-order valence-corrected chi connectivity index (χ3v) is 2.41. The lowest BCUT2D eigenvalue weighted by Crippen LogP contribution is -2.26. The fourth-order valence-corrected chi connectivity index (χ4v) is 1.45. The van der Waals surface area contributed by atoms with E-state index < -0.39 is 0 Å². The molecule has 1 aromatic rings. The van der Waals surface area contributed by atoms with Crippen molar-refractivity contribution in [2.24, 2.45) is 5.73 Å². The number of nitrogens with one attached hydrogen (secondary N) is 1. The lowest BCUT2D eigenvalue weighted by atomic mass is 10.1. The van der Waals surface area contributed by atoms with Crippen molar-refractivity contribution in [3.63, 3.8) is 0 Å². The zero-order valence-electron chi connectivity index (χ0n) is 8.66. The monoisotopic (exact) mass is 226 g/mol. The van der Waals surface area contributed by atoms with Gasteiger partial charge in [-0.25, -0.2) is 0 Å². The number of halogens is 1. The van der Waals surface area contributed by atoms with E-state index in [2.05, 4.69) is 5.32 Å². The molecule has 0 aliphatic heterocycles. The Kier molecular flexibility index (Phi) is 4.43. The molecule has 0 saturated carbocycles. The number of amides is 1. The van der Waals surface area contributed by atoms with Gasteiger partial charge < -0.3 is 11.1 Å². The van der Waals surface area contributed by atoms with Gasteiger partial charge in [-0.2, -0.15) is 0 Å². The van der Waals surface area contributed by atoms with Gasteiger partial charge in [0.1, 0.15) is 0 Å². The molecule has 0 unspecified atom stereocenters. The molecule has 0 fully saturated rings. The van der Waals surface area contributed by atoms with Crippen LogP contribution in [0.4, 0.5) is 5.69 Å². The van der Waals surface area contributed by atoms with Crippen LogP contribution in [-0.2, 0) is 4.79 Å². The molecular formula is C11H15ClN2O. The molecule has 82 valence electrons. The van der Waals surface area contributed by atoms with E-state index in [1.165, 1.54) is 0 Å². The number of nitrogens with two attached hydrogens (primary N) is 1. The topological polar surface area (TPSA) is 55.1 Å². The van der Waals surface area contributed by atoms with Crippen molar-refractivity contribution in [2.45, 2.75) is 25.8 Å². The lowest BCUT2D eigenvalue weighted by Gasteiger charge is -2.16. The number of anilines is 1. The first-order chi connectivity index (χ1) is 7.11. The van der Waals surface area contributed by atoms with Crippen LogP contribution < -0.4 is 11.1 Å². The maximum Gasteiger partial charge on any atom is 0.219 e. The van der Waals surface area contributed by atoms with Gasteiger partial charge in [-0.15, -0.1) is 0 Å². The van der Waals surface area contributed by atoms with Crippen LogP contribution in [-0.4, -0.2) is 11.9 Å². The summed E-state index contributed by atoms with van der Waals surface area (Å²) in [6.07, 6.45) is 1.20. The minimum Gasteiger partial charge on any atom is -0.382 e. The second-order valence-electron chi connectivity index (χ2n) is 3.43. The van der Waals surface area contributed by atoms with Crippen LogP contribution >= 0.6 is 11.6 Å². The van der Waals surface area contributed by atoms with Crippen molar-refractivity contribution in [1.29, 1.82) is 0 Å². The first kappa shape index (κ1) is 11.9. The second-order valence-corrected chi connectivity index (χ2v) is 3.86. The fourth-order valence-electron chi connectivity index (χ4n) is 1.32. The van der Waals surface area contributed by atoms with Crippen molar-refractivity contribution in [2.75, 3.05) is 5.32 Å². The summed E-state index contributed by atoms with van der Waals surface area (Å²) >= 11 is 5.76. The summed E-state index contributed by atoms with van der Waals surface area (Å²) in [5.41, 5.74) is 6.10. The van der Waals surface area contributed by atoms with E-state index in [-0.39, 0.29) is 11.9 Å². The molecule has 0 aliphatic rings. The molecule has 0 aliphatic carbocycles. The van der Waals surface area contributed by atoms with Crippen molar-refractivity contribution in [3.05, 3.63) is 29.3 Å². The van der Waals surface area contributed by atoms with Gasteiger partial charge in [-0.1, -0.05) is 18.5 Å². The van der Waals surface area contributed by atoms with Gasteiger partial charge in [0.25, 0.3) is 0 Å². The van der Waals surface area contributed by atoms with Crippen LogP contribution in [0.5, 0.6) is 0 Å². The summed E-state index contributed by atoms with van der Waals surface area (Å²) in [5, 5.41) is 3.93. The first-order valence-corrected chi connectivity index (χ1v) is 5.30. The first-order valence-electron chi connectivity index (χ1n) is 4.92. The smallest absolute Gasteiger partial charge is 0.219 e. The van der Waals surface area contributed by atoms with Gasteiger partial charge >= 0.3 is 0 Å². The summed E-state index contributed by atoms with van der Waals surface area (Å²) in [5.74, 6) is -0.289. The number of primary amides is 1. The summed E-state index contributed by atoms with van der Waals surface area (Å²) in [4.78, 5) is 10.8. The van der Waals surface area contributed by atoms with Crippen molar-refractivity contribution in [3.8, 4) is 0 Å². The quantitative estimate of drug-likeness (QED) is 0.810. The predicted molar refractivity (Wildman–Crippen MR) is 63.0 cm³/mol. The Morgan fingerprint density at radius 1 is 1.47 bits per heavy atom. The molecule has 3 nitrogen and oxygen atoms in total. The van der Waals surface area contributed by atoms with E-state index in [0.717, 1.165) is 12.1 Å². The van der Waals surface area contributed by atoms with Crippen LogP contribution in [0, 0.1) is 0 Å². The van der Waals surface area contributed by atoms with Crippen molar-refractivity contribution in [1.82, 2.24) is 0 Å². The Morgan fingerprint density at radius 2 is 2.07 bits per heavy atom. The van der Waals surface area contributed by atoms with Gasteiger partial charge in [0.2, 0.25) is 5.91 Å². The van der Waals surface area contributed by atoms with Crippen LogP contribution in [0.2, 0.25) is 5.02 Å². The molecule has 0 bridgehead atoms. The predicted octanol–water partition coefficient (Wildman–Crippen LogP) is 2.41. The third kappa shape index (κ3) is 4.21. The summed E-state index contributed by atoms with van der Waals surface area (Å²) in [7, 11) is 0. The van der Waals surface area contributed by atoms with E-state index in [1.807, 2.05) is 19.1 Å².